The lowest BCUT2D eigenvalue weighted by atomic mass is 10.2. The first-order valence-corrected chi connectivity index (χ1v) is 6.38. The molecule has 0 aromatic carbocycles. The van der Waals surface area contributed by atoms with Gasteiger partial charge in [0.25, 0.3) is 0 Å². The molecule has 15 heteroatoms. The van der Waals surface area contributed by atoms with Crippen molar-refractivity contribution in [2.24, 2.45) is 0 Å². The Morgan fingerprint density at radius 3 is 1.85 bits per heavy atom. The molecule has 0 aliphatic heterocycles. The Hall–Kier alpha value is -2.19. The molecule has 154 valence electrons. The number of hydrogen-bond donors (Lipinski definition) is 1. The fraction of sp³-hybridized carbons (Fsp3) is 0.500. The molecule has 1 N–H and O–H groups in total. The van der Waals surface area contributed by atoms with E-state index in [1.807, 2.05) is 0 Å². The Morgan fingerprint density at radius 2 is 1.44 bits per heavy atom. The van der Waals surface area contributed by atoms with Gasteiger partial charge in [-0.3, -0.25) is 9.53 Å². The highest BCUT2D eigenvalue weighted by Gasteiger charge is 2.79. The number of nitrogens with one attached hydrogen (secondary N) is 1. The number of nitrogens with zero attached hydrogens (tertiary/aromatic N) is 1. The molecule has 0 aliphatic carbocycles. The number of anilines is 1. The molecule has 1 amide bonds. The Morgan fingerprint density at radius 1 is 0.926 bits per heavy atom. The average Bonchev–Trinajstić information content (AvgIpc) is 2.44. The molecule has 1 aromatic heterocycles. The van der Waals surface area contributed by atoms with Gasteiger partial charge in [0, 0.05) is 5.69 Å². The van der Waals surface area contributed by atoms with Crippen LogP contribution in [0.15, 0.2) is 18.2 Å². The van der Waals surface area contributed by atoms with Crippen molar-refractivity contribution in [2.45, 2.75) is 37.2 Å². The fourth-order valence-electron chi connectivity index (χ4n) is 1.45. The number of ether oxygens (including phenoxy) is 1. The van der Waals surface area contributed by atoms with E-state index in [-0.39, 0.29) is 5.69 Å². The van der Waals surface area contributed by atoms with Crippen LogP contribution >= 0.6 is 0 Å². The normalized spacial score (nSPS) is 16.0. The molecular formula is C12H7F11N2O2. The van der Waals surface area contributed by atoms with E-state index in [4.69, 9.17) is 0 Å². The van der Waals surface area contributed by atoms with Crippen LogP contribution in [0, 0.1) is 6.92 Å². The second kappa shape index (κ2) is 6.76. The number of rotatable bonds is 5. The predicted molar refractivity (Wildman–Crippen MR) is 64.5 cm³/mol. The van der Waals surface area contributed by atoms with Gasteiger partial charge in [0.2, 0.25) is 0 Å². The molecule has 0 saturated carbocycles. The molecule has 0 spiro atoms. The van der Waals surface area contributed by atoms with Crippen molar-refractivity contribution in [3.05, 3.63) is 23.9 Å². The summed E-state index contributed by atoms with van der Waals surface area (Å²) in [4.78, 5) is 14.8. The number of alkyl halides is 11. The Bertz CT molecular complexity index is 701. The maximum atomic E-state index is 13.9. The van der Waals surface area contributed by atoms with Crippen LogP contribution in [0.2, 0.25) is 0 Å². The van der Waals surface area contributed by atoms with Gasteiger partial charge in [-0.2, -0.15) is 48.3 Å². The van der Waals surface area contributed by atoms with Gasteiger partial charge in [0.05, 0.1) is 0 Å². The summed E-state index contributed by atoms with van der Waals surface area (Å²) in [6.45, 7) is 1.25. The molecule has 4 nitrogen and oxygen atoms in total. The summed E-state index contributed by atoms with van der Waals surface area (Å²) in [7, 11) is 0. The van der Waals surface area contributed by atoms with Crippen molar-refractivity contribution in [1.29, 1.82) is 0 Å². The van der Waals surface area contributed by atoms with Crippen LogP contribution in [0.25, 0.3) is 0 Å². The minimum Gasteiger partial charge on any atom is -0.305 e. The Balaban J connectivity index is 3.30. The fourth-order valence-corrected chi connectivity index (χ4v) is 1.45. The summed E-state index contributed by atoms with van der Waals surface area (Å²) >= 11 is 0. The lowest BCUT2D eigenvalue weighted by molar-refractivity contribution is -0.472. The van der Waals surface area contributed by atoms with Gasteiger partial charge in [-0.25, -0.2) is 4.98 Å². The zero-order chi connectivity index (χ0) is 21.5. The van der Waals surface area contributed by atoms with Crippen molar-refractivity contribution in [2.75, 3.05) is 5.32 Å². The van der Waals surface area contributed by atoms with Crippen LogP contribution in [0.4, 0.5) is 54.1 Å². The van der Waals surface area contributed by atoms with Gasteiger partial charge in [-0.1, -0.05) is 6.07 Å². The molecule has 0 aliphatic rings. The number of aromatic nitrogens is 1. The highest BCUT2D eigenvalue weighted by molar-refractivity contribution is 5.96. The molecule has 1 rings (SSSR count). The van der Waals surface area contributed by atoms with E-state index in [1.54, 1.807) is 0 Å². The Labute approximate surface area is 142 Å². The van der Waals surface area contributed by atoms with Crippen molar-refractivity contribution in [3.8, 4) is 0 Å². The summed E-state index contributed by atoms with van der Waals surface area (Å²) in [6, 6.07) is 3.07. The SMILES string of the molecule is Cc1cccc(NC(=O)C(F)(OC(F)(F)C(F)(F)C(F)(F)F)C(F)(F)F)n1. The van der Waals surface area contributed by atoms with Crippen molar-refractivity contribution in [3.63, 3.8) is 0 Å². The van der Waals surface area contributed by atoms with Crippen LogP contribution in [0.1, 0.15) is 5.69 Å². The van der Waals surface area contributed by atoms with Gasteiger partial charge in [-0.15, -0.1) is 0 Å². The predicted octanol–water partition coefficient (Wildman–Crippen LogP) is 4.36. The maximum Gasteiger partial charge on any atom is 0.462 e. The van der Waals surface area contributed by atoms with Crippen molar-refractivity contribution >= 4 is 11.7 Å². The topological polar surface area (TPSA) is 51.2 Å². The second-order valence-corrected chi connectivity index (χ2v) is 4.90. The molecule has 0 radical (unpaired) electrons. The zero-order valence-electron chi connectivity index (χ0n) is 12.7. The Kier molecular flexibility index (Phi) is 5.72. The monoisotopic (exact) mass is 420 g/mol. The third-order valence-corrected chi connectivity index (χ3v) is 2.78. The molecule has 1 unspecified atom stereocenters. The maximum absolute atomic E-state index is 13.9. The van der Waals surface area contributed by atoms with E-state index in [2.05, 4.69) is 9.72 Å². The summed E-state index contributed by atoms with van der Waals surface area (Å²) in [5.41, 5.74) is 0.0409. The first-order valence-electron chi connectivity index (χ1n) is 6.38. The van der Waals surface area contributed by atoms with E-state index in [9.17, 15) is 53.1 Å². The first kappa shape index (κ1) is 22.9. The van der Waals surface area contributed by atoms with Gasteiger partial charge in [0.15, 0.2) is 0 Å². The van der Waals surface area contributed by atoms with Crippen LogP contribution in [0.5, 0.6) is 0 Å². The largest absolute Gasteiger partial charge is 0.462 e. The molecule has 27 heavy (non-hydrogen) atoms. The van der Waals surface area contributed by atoms with E-state index >= 15 is 0 Å². The van der Waals surface area contributed by atoms with E-state index in [0.717, 1.165) is 17.4 Å². The molecule has 0 fully saturated rings. The number of carbonyl (C=O) groups excluding carboxylic acids is 1. The third kappa shape index (κ3) is 4.39. The van der Waals surface area contributed by atoms with E-state index < -0.39 is 42.0 Å². The number of aryl methyl sites for hydroxylation is 1. The smallest absolute Gasteiger partial charge is 0.305 e. The van der Waals surface area contributed by atoms with Crippen LogP contribution in [-0.2, 0) is 9.53 Å². The highest BCUT2D eigenvalue weighted by atomic mass is 19.4. The summed E-state index contributed by atoms with van der Waals surface area (Å²) in [6.07, 6.45) is -21.0. The van der Waals surface area contributed by atoms with Gasteiger partial charge < -0.3 is 5.32 Å². The van der Waals surface area contributed by atoms with Crippen LogP contribution in [-0.4, -0.2) is 41.1 Å². The molecule has 1 aromatic rings. The van der Waals surface area contributed by atoms with Gasteiger partial charge >= 0.3 is 36.1 Å². The van der Waals surface area contributed by atoms with Gasteiger partial charge in [-0.05, 0) is 19.1 Å². The summed E-state index contributed by atoms with van der Waals surface area (Å²) in [5, 5.41) is 1.01. The number of halogens is 11. The molecule has 0 saturated heterocycles. The molecular weight excluding hydrogens is 413 g/mol. The first-order chi connectivity index (χ1) is 11.8. The van der Waals surface area contributed by atoms with E-state index in [0.29, 0.717) is 0 Å². The highest BCUT2D eigenvalue weighted by Crippen LogP contribution is 2.51. The van der Waals surface area contributed by atoms with E-state index in [1.165, 1.54) is 13.0 Å². The standard InChI is InChI=1S/C12H7F11N2O2/c1-5-3-2-4-6(24-5)25-7(26)8(13,10(16,17)18)27-12(22,23)9(14,15)11(19,20)21/h2-4H,1H3,(H,24,25,26). The van der Waals surface area contributed by atoms with Crippen molar-refractivity contribution in [1.82, 2.24) is 4.98 Å². The zero-order valence-corrected chi connectivity index (χ0v) is 12.7. The van der Waals surface area contributed by atoms with Crippen LogP contribution in [0.3, 0.4) is 0 Å². The average molecular weight is 420 g/mol. The molecule has 0 bridgehead atoms. The minimum absolute atomic E-state index is 0.0409. The number of hydrogen-bond acceptors (Lipinski definition) is 3. The van der Waals surface area contributed by atoms with Crippen molar-refractivity contribution < 1.29 is 57.8 Å². The summed E-state index contributed by atoms with van der Waals surface area (Å²) < 4.78 is 142. The molecule has 1 atom stereocenters. The third-order valence-electron chi connectivity index (χ3n) is 2.78. The number of amides is 1. The summed E-state index contributed by atoms with van der Waals surface area (Å²) in [5.74, 6) is -17.5. The minimum atomic E-state index is -7.25. The van der Waals surface area contributed by atoms with Gasteiger partial charge in [0.1, 0.15) is 5.82 Å². The molecule has 1 heterocycles. The van der Waals surface area contributed by atoms with Crippen LogP contribution < -0.4 is 5.32 Å². The quantitative estimate of drug-likeness (QED) is 0.721. The lowest BCUT2D eigenvalue weighted by Gasteiger charge is -2.34. The number of pyridine rings is 1. The number of carbonyl (C=O) groups is 1. The lowest BCUT2D eigenvalue weighted by Crippen LogP contribution is -2.62. The second-order valence-electron chi connectivity index (χ2n) is 4.90.